The Balaban J connectivity index is 1.43. The minimum absolute atomic E-state index is 0.0556. The summed E-state index contributed by atoms with van der Waals surface area (Å²) in [7, 11) is 0. The average molecular weight is 525 g/mol. The molecule has 1 saturated heterocycles. The van der Waals surface area contributed by atoms with Gasteiger partial charge in [-0.3, -0.25) is 14.5 Å². The fourth-order valence-electron chi connectivity index (χ4n) is 3.39. The number of fused-ring (bicyclic) bond motifs is 1. The number of aryl methyl sites for hydroxylation is 1. The minimum atomic E-state index is -1.26. The highest BCUT2D eigenvalue weighted by molar-refractivity contribution is 8.06. The molecule has 0 spiro atoms. The van der Waals surface area contributed by atoms with Gasteiger partial charge < -0.3 is 21.4 Å². The van der Waals surface area contributed by atoms with Crippen LogP contribution in [0, 0.1) is 5.95 Å². The molecule has 0 bridgehead atoms. The van der Waals surface area contributed by atoms with Gasteiger partial charge in [0.05, 0.1) is 0 Å². The fourth-order valence-corrected chi connectivity index (χ4v) is 6.55. The number of aliphatic carboxylic acids is 1. The summed E-state index contributed by atoms with van der Waals surface area (Å²) in [4.78, 5) is 46.6. The SMILES string of the molecule is Nc1nc(/C(=N/O)C(=O)N[C@@H]2C(=O)N3C(C(=O)O)=C(SCCc4cccc(F)n4)CS[C@H]23)cs1. The molecule has 0 saturated carbocycles. The average Bonchev–Trinajstić information content (AvgIpc) is 3.23. The Morgan fingerprint density at radius 1 is 1.38 bits per heavy atom. The molecule has 2 aliphatic rings. The van der Waals surface area contributed by atoms with Gasteiger partial charge in [-0.05, 0) is 18.6 Å². The van der Waals surface area contributed by atoms with Crippen LogP contribution in [0.4, 0.5) is 9.52 Å². The maximum Gasteiger partial charge on any atom is 0.353 e. The number of β-lactam (4-membered cyclic amide) rings is 1. The standard InChI is InChI=1S/C19H17FN6O5S3/c20-11-3-1-2-8(22-11)4-5-32-10-7-33-17-13(16(28)26(17)14(10)18(29)30)24-15(27)12(25-31)9-6-34-19(21)23-9/h1-3,6,13,17,31H,4-5,7H2,(H2,21,23)(H,24,27)(H,29,30)/b25-12-/t13-,17-/m1/s1. The van der Waals surface area contributed by atoms with Crippen molar-refractivity contribution in [1.29, 1.82) is 0 Å². The molecule has 0 aromatic carbocycles. The van der Waals surface area contributed by atoms with E-state index in [4.69, 9.17) is 5.73 Å². The number of hydrogen-bond acceptors (Lipinski definition) is 11. The van der Waals surface area contributed by atoms with Crippen LogP contribution in [0.25, 0.3) is 0 Å². The molecule has 0 radical (unpaired) electrons. The highest BCUT2D eigenvalue weighted by atomic mass is 32.2. The number of pyridine rings is 1. The molecular formula is C19H17FN6O5S3. The number of thioether (sulfide) groups is 2. The molecule has 0 aliphatic carbocycles. The van der Waals surface area contributed by atoms with Gasteiger partial charge in [0.1, 0.15) is 22.8 Å². The molecule has 34 heavy (non-hydrogen) atoms. The number of nitrogens with one attached hydrogen (secondary N) is 1. The summed E-state index contributed by atoms with van der Waals surface area (Å²) in [5, 5.41) is 25.4. The monoisotopic (exact) mass is 524 g/mol. The van der Waals surface area contributed by atoms with Gasteiger partial charge in [-0.2, -0.15) is 4.39 Å². The van der Waals surface area contributed by atoms with Crippen LogP contribution in [0.5, 0.6) is 0 Å². The van der Waals surface area contributed by atoms with Gasteiger partial charge >= 0.3 is 5.97 Å². The van der Waals surface area contributed by atoms with Crippen molar-refractivity contribution in [2.75, 3.05) is 17.2 Å². The van der Waals surface area contributed by atoms with Crippen molar-refractivity contribution in [3.8, 4) is 0 Å². The minimum Gasteiger partial charge on any atom is -0.477 e. The van der Waals surface area contributed by atoms with E-state index in [1.807, 2.05) is 0 Å². The van der Waals surface area contributed by atoms with Crippen LogP contribution in [-0.2, 0) is 20.8 Å². The molecule has 5 N–H and O–H groups in total. The molecular weight excluding hydrogens is 507 g/mol. The number of anilines is 1. The van der Waals surface area contributed by atoms with Gasteiger partial charge in [-0.1, -0.05) is 11.2 Å². The molecule has 15 heteroatoms. The molecule has 178 valence electrons. The number of carboxylic acids is 1. The lowest BCUT2D eigenvalue weighted by Gasteiger charge is -2.49. The molecule has 2 aromatic rings. The number of amides is 2. The predicted molar refractivity (Wildman–Crippen MR) is 125 cm³/mol. The molecule has 2 aromatic heterocycles. The van der Waals surface area contributed by atoms with Crippen LogP contribution in [0.1, 0.15) is 11.4 Å². The fraction of sp³-hybridized carbons (Fsp3) is 0.263. The molecule has 2 amide bonds. The number of halogens is 1. The number of aromatic nitrogens is 2. The lowest BCUT2D eigenvalue weighted by Crippen LogP contribution is -2.71. The molecule has 11 nitrogen and oxygen atoms in total. The number of nitrogens with two attached hydrogens (primary N) is 1. The van der Waals surface area contributed by atoms with Crippen molar-refractivity contribution < 1.29 is 29.1 Å². The van der Waals surface area contributed by atoms with Gasteiger partial charge in [0, 0.05) is 27.5 Å². The zero-order valence-corrected chi connectivity index (χ0v) is 19.6. The van der Waals surface area contributed by atoms with E-state index < -0.39 is 40.9 Å². The first-order chi connectivity index (χ1) is 16.3. The van der Waals surface area contributed by atoms with Gasteiger partial charge in [0.2, 0.25) is 5.95 Å². The third-order valence-electron chi connectivity index (χ3n) is 4.91. The summed E-state index contributed by atoms with van der Waals surface area (Å²) < 4.78 is 13.2. The first kappa shape index (κ1) is 24.0. The summed E-state index contributed by atoms with van der Waals surface area (Å²) in [5.74, 6) is -2.52. The topological polar surface area (TPSA) is 171 Å². The van der Waals surface area contributed by atoms with Crippen molar-refractivity contribution >= 4 is 63.5 Å². The Labute approximate surface area is 204 Å². The highest BCUT2D eigenvalue weighted by Crippen LogP contribution is 2.43. The van der Waals surface area contributed by atoms with Crippen LogP contribution in [-0.4, -0.2) is 71.6 Å². The van der Waals surface area contributed by atoms with Crippen LogP contribution in [0.15, 0.2) is 39.3 Å². The number of oxime groups is 1. The number of hydrogen-bond donors (Lipinski definition) is 4. The molecule has 4 rings (SSSR count). The van der Waals surface area contributed by atoms with Crippen molar-refractivity contribution in [3.63, 3.8) is 0 Å². The summed E-state index contributed by atoms with van der Waals surface area (Å²) in [6.07, 6.45) is 0.421. The maximum atomic E-state index is 13.2. The molecule has 0 unspecified atom stereocenters. The Kier molecular flexibility index (Phi) is 7.04. The number of rotatable bonds is 8. The van der Waals surface area contributed by atoms with E-state index in [1.165, 1.54) is 35.0 Å². The molecule has 2 aliphatic heterocycles. The lowest BCUT2D eigenvalue weighted by atomic mass is 10.0. The number of carbonyl (C=O) groups excluding carboxylic acids is 2. The number of thiazole rings is 1. The van der Waals surface area contributed by atoms with Gasteiger partial charge in [0.15, 0.2) is 10.8 Å². The third kappa shape index (κ3) is 4.71. The van der Waals surface area contributed by atoms with Crippen LogP contribution in [0.3, 0.4) is 0 Å². The Hall–Kier alpha value is -3.17. The normalized spacial score (nSPS) is 20.1. The second-order valence-corrected chi connectivity index (χ2v) is 10.2. The van der Waals surface area contributed by atoms with Crippen molar-refractivity contribution in [1.82, 2.24) is 20.2 Å². The Bertz CT molecular complexity index is 1220. The maximum absolute atomic E-state index is 13.2. The van der Waals surface area contributed by atoms with E-state index in [9.17, 15) is 29.1 Å². The van der Waals surface area contributed by atoms with Gasteiger partial charge in [-0.15, -0.1) is 34.9 Å². The number of nitrogen functional groups attached to an aromatic ring is 1. The Morgan fingerprint density at radius 3 is 2.82 bits per heavy atom. The number of nitrogens with zero attached hydrogens (tertiary/aromatic N) is 4. The van der Waals surface area contributed by atoms with E-state index in [2.05, 4.69) is 20.4 Å². The zero-order valence-electron chi connectivity index (χ0n) is 17.2. The second-order valence-electron chi connectivity index (χ2n) is 7.01. The third-order valence-corrected chi connectivity index (χ3v) is 8.14. The summed E-state index contributed by atoms with van der Waals surface area (Å²) in [6, 6.07) is 3.47. The van der Waals surface area contributed by atoms with E-state index >= 15 is 0 Å². The van der Waals surface area contributed by atoms with Crippen LogP contribution in [0.2, 0.25) is 0 Å². The highest BCUT2D eigenvalue weighted by Gasteiger charge is 2.54. The quantitative estimate of drug-likeness (QED) is 0.129. The largest absolute Gasteiger partial charge is 0.477 e. The van der Waals surface area contributed by atoms with Gasteiger partial charge in [-0.25, -0.2) is 14.8 Å². The summed E-state index contributed by atoms with van der Waals surface area (Å²) in [5.41, 5.74) is 5.59. The lowest BCUT2D eigenvalue weighted by molar-refractivity contribution is -0.150. The number of carboxylic acid groups (broad SMARTS) is 1. The van der Waals surface area contributed by atoms with Crippen molar-refractivity contribution in [2.45, 2.75) is 17.8 Å². The first-order valence-electron chi connectivity index (χ1n) is 9.69. The van der Waals surface area contributed by atoms with E-state index in [-0.39, 0.29) is 16.5 Å². The molecule has 2 atom stereocenters. The molecule has 1 fully saturated rings. The smallest absolute Gasteiger partial charge is 0.353 e. The predicted octanol–water partition coefficient (Wildman–Crippen LogP) is 1.11. The van der Waals surface area contributed by atoms with Crippen LogP contribution >= 0.6 is 34.9 Å². The van der Waals surface area contributed by atoms with E-state index in [0.29, 0.717) is 28.5 Å². The Morgan fingerprint density at radius 2 is 2.18 bits per heavy atom. The van der Waals surface area contributed by atoms with E-state index in [0.717, 1.165) is 16.2 Å². The zero-order chi connectivity index (χ0) is 24.4. The summed E-state index contributed by atoms with van der Waals surface area (Å²) >= 11 is 3.61. The second kappa shape index (κ2) is 9.99. The van der Waals surface area contributed by atoms with Crippen molar-refractivity contribution in [2.24, 2.45) is 5.16 Å². The molecule has 4 heterocycles. The van der Waals surface area contributed by atoms with Crippen LogP contribution < -0.4 is 11.1 Å². The first-order valence-corrected chi connectivity index (χ1v) is 12.6. The number of carbonyl (C=O) groups is 3. The van der Waals surface area contributed by atoms with Crippen molar-refractivity contribution in [3.05, 3.63) is 51.5 Å². The van der Waals surface area contributed by atoms with E-state index in [1.54, 1.807) is 12.1 Å². The summed E-state index contributed by atoms with van der Waals surface area (Å²) in [6.45, 7) is 0. The van der Waals surface area contributed by atoms with Gasteiger partial charge in [0.25, 0.3) is 11.8 Å².